The van der Waals surface area contributed by atoms with Crippen molar-refractivity contribution in [2.24, 2.45) is 5.92 Å². The number of aliphatic hydroxyl groups excluding tert-OH is 1. The van der Waals surface area contributed by atoms with E-state index in [2.05, 4.69) is 4.74 Å². The molecule has 1 aromatic carbocycles. The van der Waals surface area contributed by atoms with Crippen molar-refractivity contribution in [1.29, 1.82) is 0 Å². The zero-order chi connectivity index (χ0) is 20.7. The van der Waals surface area contributed by atoms with Crippen LogP contribution in [0, 0.1) is 26.1 Å². The Kier molecular flexibility index (Phi) is 7.39. The molecule has 1 rings (SSSR count). The van der Waals surface area contributed by atoms with Gasteiger partial charge in [0.05, 0.1) is 23.6 Å². The predicted octanol–water partition coefficient (Wildman–Crippen LogP) is 2.10. The molecule has 0 aliphatic rings. The molecule has 11 nitrogen and oxygen atoms in total. The molecule has 2 unspecified atom stereocenters. The fourth-order valence-electron chi connectivity index (χ4n) is 2.51. The number of aliphatic hydroxyl groups is 1. The number of esters is 1. The molecule has 1 N–H and O–H groups in total. The number of hydrogen-bond donors (Lipinski definition) is 1. The number of benzene rings is 1. The van der Waals surface area contributed by atoms with Crippen LogP contribution < -0.4 is 0 Å². The summed E-state index contributed by atoms with van der Waals surface area (Å²) in [6.45, 7) is 2.46. The number of allylic oxidation sites excluding steroid dienone is 1. The molecule has 0 bridgehead atoms. The number of nitro groups is 2. The molecule has 27 heavy (non-hydrogen) atoms. The lowest BCUT2D eigenvalue weighted by Crippen LogP contribution is -2.34. The first kappa shape index (κ1) is 21.5. The SMILES string of the molecule is CCOC(=O)C(C(C)=O)C(C(=C(O)OC)[N+](=O)[O-])c1ccc([N+](=O)[O-])cc1. The van der Waals surface area contributed by atoms with Crippen LogP contribution in [0.25, 0.3) is 0 Å². The molecular formula is C16H18N2O9. The summed E-state index contributed by atoms with van der Waals surface area (Å²) >= 11 is 0. The lowest BCUT2D eigenvalue weighted by molar-refractivity contribution is -0.436. The Morgan fingerprint density at radius 3 is 2.11 bits per heavy atom. The van der Waals surface area contributed by atoms with Gasteiger partial charge in [0.25, 0.3) is 5.69 Å². The highest BCUT2D eigenvalue weighted by atomic mass is 16.6. The van der Waals surface area contributed by atoms with Crippen LogP contribution >= 0.6 is 0 Å². The van der Waals surface area contributed by atoms with Crippen LogP contribution in [0.4, 0.5) is 5.69 Å². The molecule has 0 fully saturated rings. The number of carbonyl (C=O) groups is 2. The van der Waals surface area contributed by atoms with Gasteiger partial charge in [-0.3, -0.25) is 29.8 Å². The van der Waals surface area contributed by atoms with E-state index in [1.165, 1.54) is 6.92 Å². The fourth-order valence-corrected chi connectivity index (χ4v) is 2.51. The summed E-state index contributed by atoms with van der Waals surface area (Å²) in [4.78, 5) is 45.1. The number of nitro benzene ring substituents is 1. The second-order valence-corrected chi connectivity index (χ2v) is 5.32. The Labute approximate surface area is 153 Å². The van der Waals surface area contributed by atoms with Crippen LogP contribution in [0.3, 0.4) is 0 Å². The summed E-state index contributed by atoms with van der Waals surface area (Å²) in [6, 6.07) is 4.44. The van der Waals surface area contributed by atoms with Gasteiger partial charge in [0, 0.05) is 12.1 Å². The van der Waals surface area contributed by atoms with Gasteiger partial charge >= 0.3 is 17.6 Å². The van der Waals surface area contributed by atoms with E-state index in [4.69, 9.17) is 4.74 Å². The van der Waals surface area contributed by atoms with Gasteiger partial charge in [-0.1, -0.05) is 12.1 Å². The van der Waals surface area contributed by atoms with E-state index in [1.54, 1.807) is 0 Å². The largest absolute Gasteiger partial charge is 0.476 e. The van der Waals surface area contributed by atoms with Crippen LogP contribution in [0.1, 0.15) is 25.3 Å². The van der Waals surface area contributed by atoms with Crippen molar-refractivity contribution in [2.45, 2.75) is 19.8 Å². The summed E-state index contributed by atoms with van der Waals surface area (Å²) in [5.41, 5.74) is -1.22. The van der Waals surface area contributed by atoms with Gasteiger partial charge < -0.3 is 14.6 Å². The zero-order valence-electron chi connectivity index (χ0n) is 14.8. The quantitative estimate of drug-likeness (QED) is 0.222. The third-order valence-corrected chi connectivity index (χ3v) is 3.68. The monoisotopic (exact) mass is 382 g/mol. The van der Waals surface area contributed by atoms with Gasteiger partial charge in [-0.05, 0) is 19.4 Å². The topological polar surface area (TPSA) is 159 Å². The minimum atomic E-state index is -1.66. The normalized spacial score (nSPS) is 13.7. The lowest BCUT2D eigenvalue weighted by Gasteiger charge is -2.22. The Morgan fingerprint density at radius 2 is 1.74 bits per heavy atom. The number of carbonyl (C=O) groups excluding carboxylic acids is 2. The first-order valence-corrected chi connectivity index (χ1v) is 7.68. The van der Waals surface area contributed by atoms with Gasteiger partial charge in [-0.15, -0.1) is 0 Å². The van der Waals surface area contributed by atoms with E-state index in [-0.39, 0.29) is 17.9 Å². The van der Waals surface area contributed by atoms with Crippen LogP contribution in [-0.2, 0) is 19.1 Å². The van der Waals surface area contributed by atoms with Crippen molar-refractivity contribution >= 4 is 17.4 Å². The summed E-state index contributed by atoms with van der Waals surface area (Å²) in [6.07, 6.45) is 0. The lowest BCUT2D eigenvalue weighted by atomic mass is 9.81. The zero-order valence-corrected chi connectivity index (χ0v) is 14.8. The standard InChI is InChI=1S/C16H18N2O9/c1-4-27-15(20)12(9(2)19)13(14(18(24)25)16(21)26-3)10-5-7-11(8-6-10)17(22)23/h5-8,12-13,21H,4H2,1-3H3. The van der Waals surface area contributed by atoms with Crippen molar-refractivity contribution < 1.29 is 34.0 Å². The average molecular weight is 382 g/mol. The summed E-state index contributed by atoms with van der Waals surface area (Å²) in [5.74, 6) is -6.13. The number of methoxy groups -OCH3 is 1. The Hall–Kier alpha value is -3.50. The van der Waals surface area contributed by atoms with Crippen molar-refractivity contribution in [3.63, 3.8) is 0 Å². The van der Waals surface area contributed by atoms with Crippen molar-refractivity contribution in [1.82, 2.24) is 0 Å². The molecule has 0 spiro atoms. The minimum absolute atomic E-state index is 0.0177. The first-order chi connectivity index (χ1) is 12.6. The molecule has 0 amide bonds. The molecule has 11 heteroatoms. The van der Waals surface area contributed by atoms with Crippen LogP contribution in [-0.4, -0.2) is 40.4 Å². The van der Waals surface area contributed by atoms with Gasteiger partial charge in [-0.2, -0.15) is 0 Å². The average Bonchev–Trinajstić information content (AvgIpc) is 2.60. The van der Waals surface area contributed by atoms with Crippen LogP contribution in [0.2, 0.25) is 0 Å². The number of Topliss-reactive ketones (excluding diaryl/α,β-unsaturated/α-hetero) is 1. The maximum Gasteiger partial charge on any atom is 0.354 e. The molecule has 0 saturated heterocycles. The highest BCUT2D eigenvalue weighted by Crippen LogP contribution is 2.36. The van der Waals surface area contributed by atoms with Crippen LogP contribution in [0.5, 0.6) is 0 Å². The fraction of sp³-hybridized carbons (Fsp3) is 0.375. The maximum absolute atomic E-state index is 12.3. The Morgan fingerprint density at radius 1 is 1.19 bits per heavy atom. The molecule has 0 aromatic heterocycles. The number of rotatable bonds is 9. The summed E-state index contributed by atoms with van der Waals surface area (Å²) in [5, 5.41) is 32.2. The smallest absolute Gasteiger partial charge is 0.354 e. The molecule has 0 aliphatic heterocycles. The van der Waals surface area contributed by atoms with Gasteiger partial charge in [0.1, 0.15) is 17.6 Å². The highest BCUT2D eigenvalue weighted by molar-refractivity contribution is 5.99. The van der Waals surface area contributed by atoms with Crippen molar-refractivity contribution in [3.8, 4) is 0 Å². The number of ether oxygens (including phenoxy) is 2. The van der Waals surface area contributed by atoms with Gasteiger partial charge in [0.2, 0.25) is 0 Å². The number of non-ortho nitro benzene ring substituents is 1. The first-order valence-electron chi connectivity index (χ1n) is 7.68. The number of hydrogen-bond acceptors (Lipinski definition) is 9. The molecular weight excluding hydrogens is 364 g/mol. The van der Waals surface area contributed by atoms with E-state index in [0.717, 1.165) is 38.3 Å². The van der Waals surface area contributed by atoms with E-state index in [1.807, 2.05) is 0 Å². The van der Waals surface area contributed by atoms with E-state index in [0.29, 0.717) is 0 Å². The second kappa shape index (κ2) is 9.27. The third-order valence-electron chi connectivity index (χ3n) is 3.68. The summed E-state index contributed by atoms with van der Waals surface area (Å²) < 4.78 is 9.37. The molecule has 1 aromatic rings. The molecule has 0 radical (unpaired) electrons. The van der Waals surface area contributed by atoms with E-state index >= 15 is 0 Å². The van der Waals surface area contributed by atoms with Crippen molar-refractivity contribution in [2.75, 3.05) is 13.7 Å². The molecule has 2 atom stereocenters. The van der Waals surface area contributed by atoms with Gasteiger partial charge in [-0.25, -0.2) is 0 Å². The summed E-state index contributed by atoms with van der Waals surface area (Å²) in [7, 11) is 0.971. The highest BCUT2D eigenvalue weighted by Gasteiger charge is 2.45. The van der Waals surface area contributed by atoms with E-state index in [9.17, 15) is 34.9 Å². The van der Waals surface area contributed by atoms with Crippen LogP contribution in [0.15, 0.2) is 35.9 Å². The minimum Gasteiger partial charge on any atom is -0.476 e. The predicted molar refractivity (Wildman–Crippen MR) is 90.3 cm³/mol. The van der Waals surface area contributed by atoms with Crippen molar-refractivity contribution in [3.05, 3.63) is 61.7 Å². The van der Waals surface area contributed by atoms with E-state index < -0.39 is 45.1 Å². The molecule has 0 saturated carbocycles. The number of ketones is 1. The molecule has 0 heterocycles. The second-order valence-electron chi connectivity index (χ2n) is 5.32. The number of nitrogens with zero attached hydrogens (tertiary/aromatic N) is 2. The Balaban J connectivity index is 3.69. The maximum atomic E-state index is 12.3. The van der Waals surface area contributed by atoms with Gasteiger partial charge in [0.15, 0.2) is 0 Å². The third kappa shape index (κ3) is 5.00. The Bertz CT molecular complexity index is 771. The molecule has 0 aliphatic carbocycles. The molecule has 146 valence electrons.